The summed E-state index contributed by atoms with van der Waals surface area (Å²) in [6.45, 7) is 3.31. The summed E-state index contributed by atoms with van der Waals surface area (Å²) < 4.78 is 3.13. The van der Waals surface area contributed by atoms with E-state index in [1.165, 1.54) is 19.3 Å². The van der Waals surface area contributed by atoms with Gasteiger partial charge >= 0.3 is 0 Å². The zero-order valence-corrected chi connectivity index (χ0v) is 12.8. The van der Waals surface area contributed by atoms with Crippen LogP contribution in [0.15, 0.2) is 29.1 Å². The average Bonchev–Trinajstić information content (AvgIpc) is 2.83. The monoisotopic (exact) mass is 290 g/mol. The van der Waals surface area contributed by atoms with Gasteiger partial charge in [0.25, 0.3) is 5.56 Å². The Morgan fingerprint density at radius 1 is 1.25 bits per heavy atom. The highest BCUT2D eigenvalue weighted by molar-refractivity contribution is 7.13. The zero-order chi connectivity index (χ0) is 13.9. The quantitative estimate of drug-likeness (QED) is 0.934. The first-order chi connectivity index (χ1) is 9.79. The van der Waals surface area contributed by atoms with Crippen LogP contribution >= 0.6 is 11.5 Å². The molecule has 1 aromatic heterocycles. The Labute approximate surface area is 123 Å². The fourth-order valence-electron chi connectivity index (χ4n) is 3.09. The third-order valence-corrected chi connectivity index (χ3v) is 5.44. The smallest absolute Gasteiger partial charge is 0.268 e. The molecule has 2 aromatic rings. The molecule has 1 heterocycles. The lowest BCUT2D eigenvalue weighted by Gasteiger charge is -2.29. The molecule has 1 N–H and O–H groups in total. The maximum absolute atomic E-state index is 12.4. The maximum atomic E-state index is 12.4. The van der Waals surface area contributed by atoms with Crippen LogP contribution in [0.1, 0.15) is 45.1 Å². The lowest BCUT2D eigenvalue weighted by molar-refractivity contribution is 0.299. The lowest BCUT2D eigenvalue weighted by atomic mass is 9.91. The van der Waals surface area contributed by atoms with E-state index in [-0.39, 0.29) is 5.56 Å². The van der Waals surface area contributed by atoms with E-state index in [0.717, 1.165) is 29.5 Å². The highest BCUT2D eigenvalue weighted by Gasteiger charge is 2.24. The number of hydrogen-bond acceptors (Lipinski definition) is 3. The molecule has 0 aliphatic heterocycles. The molecule has 108 valence electrons. The fraction of sp³-hybridized carbons (Fsp3) is 0.562. The van der Waals surface area contributed by atoms with Crippen molar-refractivity contribution in [3.05, 3.63) is 34.6 Å². The molecule has 1 fully saturated rings. The van der Waals surface area contributed by atoms with Crippen molar-refractivity contribution in [2.75, 3.05) is 6.54 Å². The van der Waals surface area contributed by atoms with Gasteiger partial charge in [-0.2, -0.15) is 0 Å². The van der Waals surface area contributed by atoms with Gasteiger partial charge in [-0.15, -0.1) is 0 Å². The first-order valence-electron chi connectivity index (χ1n) is 7.63. The van der Waals surface area contributed by atoms with Crippen LogP contribution in [0.5, 0.6) is 0 Å². The Morgan fingerprint density at radius 2 is 2.00 bits per heavy atom. The normalized spacial score (nSPS) is 23.2. The van der Waals surface area contributed by atoms with E-state index < -0.39 is 0 Å². The summed E-state index contributed by atoms with van der Waals surface area (Å²) in [7, 11) is 0. The number of nitrogens with one attached hydrogen (secondary N) is 1. The third-order valence-electron chi connectivity index (χ3n) is 4.23. The largest absolute Gasteiger partial charge is 0.314 e. The van der Waals surface area contributed by atoms with Gasteiger partial charge in [0, 0.05) is 12.1 Å². The number of hydrogen-bond donors (Lipinski definition) is 1. The predicted octanol–water partition coefficient (Wildman–Crippen LogP) is 3.55. The van der Waals surface area contributed by atoms with Crippen molar-refractivity contribution in [3.8, 4) is 0 Å². The first kappa shape index (κ1) is 13.8. The molecule has 20 heavy (non-hydrogen) atoms. The Balaban J connectivity index is 1.74. The number of fused-ring (bicyclic) bond motifs is 1. The minimum atomic E-state index is 0.204. The van der Waals surface area contributed by atoms with Crippen LogP contribution in [0.4, 0.5) is 0 Å². The van der Waals surface area contributed by atoms with E-state index in [2.05, 4.69) is 12.2 Å². The van der Waals surface area contributed by atoms with Crippen molar-refractivity contribution in [3.63, 3.8) is 0 Å². The summed E-state index contributed by atoms with van der Waals surface area (Å²) >= 11 is 1.63. The van der Waals surface area contributed by atoms with E-state index >= 15 is 0 Å². The highest BCUT2D eigenvalue weighted by Crippen LogP contribution is 2.30. The second kappa shape index (κ2) is 6.10. The Kier molecular flexibility index (Phi) is 4.22. The fourth-order valence-corrected chi connectivity index (χ4v) is 4.24. The predicted molar refractivity (Wildman–Crippen MR) is 85.7 cm³/mol. The van der Waals surface area contributed by atoms with Crippen LogP contribution in [0.3, 0.4) is 0 Å². The summed E-state index contributed by atoms with van der Waals surface area (Å²) in [6.07, 6.45) is 5.80. The van der Waals surface area contributed by atoms with Gasteiger partial charge in [0.2, 0.25) is 0 Å². The molecule has 0 radical (unpaired) electrons. The molecule has 0 unspecified atom stereocenters. The van der Waals surface area contributed by atoms with Crippen molar-refractivity contribution in [2.24, 2.45) is 0 Å². The minimum Gasteiger partial charge on any atom is -0.314 e. The Hall–Kier alpha value is -1.13. The third kappa shape index (κ3) is 2.67. The van der Waals surface area contributed by atoms with Crippen LogP contribution in [0.2, 0.25) is 0 Å². The molecule has 1 aliphatic carbocycles. The summed E-state index contributed by atoms with van der Waals surface area (Å²) in [5.41, 5.74) is 0.204. The summed E-state index contributed by atoms with van der Waals surface area (Å²) in [6, 6.07) is 9.00. The number of aromatic nitrogens is 1. The van der Waals surface area contributed by atoms with Gasteiger partial charge in [-0.05, 0) is 50.8 Å². The standard InChI is InChI=1S/C16H22N2OS/c1-2-11-17-12-7-9-13(10-8-12)18-16(19)14-5-3-4-6-15(14)20-18/h3-6,12-13,17H,2,7-11H2,1H3. The second-order valence-corrected chi connectivity index (χ2v) is 6.69. The molecular weight excluding hydrogens is 268 g/mol. The molecule has 3 rings (SSSR count). The molecule has 3 nitrogen and oxygen atoms in total. The van der Waals surface area contributed by atoms with E-state index in [1.807, 2.05) is 28.2 Å². The van der Waals surface area contributed by atoms with E-state index in [9.17, 15) is 4.79 Å². The molecule has 1 saturated carbocycles. The van der Waals surface area contributed by atoms with Crippen molar-refractivity contribution in [1.82, 2.24) is 9.27 Å². The summed E-state index contributed by atoms with van der Waals surface area (Å²) in [4.78, 5) is 12.4. The van der Waals surface area contributed by atoms with Gasteiger partial charge in [-0.3, -0.25) is 8.75 Å². The topological polar surface area (TPSA) is 34.0 Å². The van der Waals surface area contributed by atoms with Crippen LogP contribution < -0.4 is 10.9 Å². The Morgan fingerprint density at radius 3 is 2.70 bits per heavy atom. The molecule has 0 saturated heterocycles. The van der Waals surface area contributed by atoms with Crippen molar-refractivity contribution >= 4 is 21.6 Å². The molecule has 0 amide bonds. The highest BCUT2D eigenvalue weighted by atomic mass is 32.1. The van der Waals surface area contributed by atoms with Crippen LogP contribution in [-0.4, -0.2) is 16.5 Å². The van der Waals surface area contributed by atoms with Gasteiger partial charge < -0.3 is 5.32 Å². The molecule has 0 atom stereocenters. The van der Waals surface area contributed by atoms with E-state index in [1.54, 1.807) is 11.5 Å². The summed E-state index contributed by atoms with van der Waals surface area (Å²) in [5.74, 6) is 0. The van der Waals surface area contributed by atoms with Gasteiger partial charge in [-0.25, -0.2) is 0 Å². The van der Waals surface area contributed by atoms with Crippen molar-refractivity contribution in [1.29, 1.82) is 0 Å². The van der Waals surface area contributed by atoms with Crippen molar-refractivity contribution < 1.29 is 0 Å². The van der Waals surface area contributed by atoms with Gasteiger partial charge in [0.1, 0.15) is 0 Å². The van der Waals surface area contributed by atoms with E-state index in [4.69, 9.17) is 0 Å². The molecule has 0 spiro atoms. The van der Waals surface area contributed by atoms with Crippen LogP contribution in [0.25, 0.3) is 10.1 Å². The molecule has 1 aliphatic rings. The average molecular weight is 290 g/mol. The first-order valence-corrected chi connectivity index (χ1v) is 8.41. The molecular formula is C16H22N2OS. The number of rotatable bonds is 4. The second-order valence-electron chi connectivity index (χ2n) is 5.68. The van der Waals surface area contributed by atoms with Crippen LogP contribution in [-0.2, 0) is 0 Å². The number of nitrogens with zero attached hydrogens (tertiary/aromatic N) is 1. The zero-order valence-electron chi connectivity index (χ0n) is 12.0. The van der Waals surface area contributed by atoms with Gasteiger partial charge in [0.05, 0.1) is 10.1 Å². The molecule has 1 aromatic carbocycles. The van der Waals surface area contributed by atoms with Crippen LogP contribution in [0, 0.1) is 0 Å². The van der Waals surface area contributed by atoms with Gasteiger partial charge in [-0.1, -0.05) is 30.6 Å². The molecule has 4 heteroatoms. The lowest BCUT2D eigenvalue weighted by Crippen LogP contribution is -2.35. The maximum Gasteiger partial charge on any atom is 0.268 e. The minimum absolute atomic E-state index is 0.204. The van der Waals surface area contributed by atoms with Crippen molar-refractivity contribution in [2.45, 2.75) is 51.1 Å². The summed E-state index contributed by atoms with van der Waals surface area (Å²) in [5, 5.41) is 4.48. The SMILES string of the molecule is CCCNC1CCC(n2sc3ccccc3c2=O)CC1. The molecule has 0 bridgehead atoms. The Bertz CT molecular complexity index is 623. The van der Waals surface area contributed by atoms with E-state index in [0.29, 0.717) is 12.1 Å². The number of benzene rings is 1. The van der Waals surface area contributed by atoms with Gasteiger partial charge in [0.15, 0.2) is 0 Å².